The first kappa shape index (κ1) is 19.3. The Morgan fingerprint density at radius 2 is 1.93 bits per heavy atom. The van der Waals surface area contributed by atoms with E-state index in [4.69, 9.17) is 4.74 Å². The Bertz CT molecular complexity index is 730. The molecular formula is C21H28N2O2S2. The standard InChI is InChI=1S/C21H28N2O2S2/c24-19(15-22-8-11-26-12-9-22)16-25-20-4-2-1-3-17(20)13-23-7-5-21-18(14-23)6-10-27-21/h1-4,6,10,19,24H,5,7-9,11-16H2. The molecule has 4 rings (SSSR count). The predicted octanol–water partition coefficient (Wildman–Crippen LogP) is 3.09. The van der Waals surface area contributed by atoms with E-state index in [0.717, 1.165) is 56.4 Å². The number of nitrogens with zero attached hydrogens (tertiary/aromatic N) is 2. The van der Waals surface area contributed by atoms with Gasteiger partial charge < -0.3 is 9.84 Å². The highest BCUT2D eigenvalue weighted by molar-refractivity contribution is 7.99. The van der Waals surface area contributed by atoms with Crippen LogP contribution in [0.1, 0.15) is 16.0 Å². The highest BCUT2D eigenvalue weighted by Crippen LogP contribution is 2.27. The highest BCUT2D eigenvalue weighted by atomic mass is 32.2. The SMILES string of the molecule is OC(COc1ccccc1CN1CCc2sccc2C1)CN1CCSCC1. The van der Waals surface area contributed by atoms with Crippen molar-refractivity contribution in [3.05, 3.63) is 51.7 Å². The van der Waals surface area contributed by atoms with Crippen molar-refractivity contribution < 1.29 is 9.84 Å². The quantitative estimate of drug-likeness (QED) is 0.767. The van der Waals surface area contributed by atoms with E-state index in [9.17, 15) is 5.11 Å². The summed E-state index contributed by atoms with van der Waals surface area (Å²) in [5.41, 5.74) is 2.68. The minimum atomic E-state index is -0.440. The van der Waals surface area contributed by atoms with Crippen molar-refractivity contribution in [1.82, 2.24) is 9.80 Å². The molecule has 0 spiro atoms. The fourth-order valence-electron chi connectivity index (χ4n) is 3.78. The van der Waals surface area contributed by atoms with Crippen molar-refractivity contribution in [1.29, 1.82) is 0 Å². The number of benzene rings is 1. The molecule has 1 atom stereocenters. The second-order valence-corrected chi connectivity index (χ2v) is 9.54. The maximum Gasteiger partial charge on any atom is 0.123 e. The van der Waals surface area contributed by atoms with Crippen LogP contribution in [0.4, 0.5) is 0 Å². The second kappa shape index (κ2) is 9.43. The van der Waals surface area contributed by atoms with Crippen molar-refractivity contribution in [2.24, 2.45) is 0 Å². The molecule has 1 N–H and O–H groups in total. The van der Waals surface area contributed by atoms with Gasteiger partial charge in [-0.3, -0.25) is 9.80 Å². The lowest BCUT2D eigenvalue weighted by atomic mass is 10.1. The molecule has 0 saturated carbocycles. The number of thioether (sulfide) groups is 1. The fourth-order valence-corrected chi connectivity index (χ4v) is 5.65. The number of ether oxygens (including phenoxy) is 1. The van der Waals surface area contributed by atoms with Gasteiger partial charge >= 0.3 is 0 Å². The van der Waals surface area contributed by atoms with E-state index in [0.29, 0.717) is 13.2 Å². The smallest absolute Gasteiger partial charge is 0.123 e. The van der Waals surface area contributed by atoms with E-state index in [1.54, 1.807) is 0 Å². The molecule has 1 aromatic carbocycles. The third-order valence-electron chi connectivity index (χ3n) is 5.26. The maximum atomic E-state index is 10.4. The summed E-state index contributed by atoms with van der Waals surface area (Å²) in [7, 11) is 0. The number of hydrogen-bond donors (Lipinski definition) is 1. The first-order chi connectivity index (χ1) is 13.3. The van der Waals surface area contributed by atoms with Crippen LogP contribution in [0, 0.1) is 0 Å². The summed E-state index contributed by atoms with van der Waals surface area (Å²) in [5, 5.41) is 12.6. The first-order valence-corrected chi connectivity index (χ1v) is 11.8. The van der Waals surface area contributed by atoms with Crippen LogP contribution in [0.15, 0.2) is 35.7 Å². The van der Waals surface area contributed by atoms with Crippen molar-refractivity contribution in [2.75, 3.05) is 44.3 Å². The molecule has 2 aliphatic heterocycles. The lowest BCUT2D eigenvalue weighted by Gasteiger charge is -2.29. The van der Waals surface area contributed by atoms with Crippen LogP contribution < -0.4 is 4.74 Å². The van der Waals surface area contributed by atoms with Crippen LogP contribution in [0.25, 0.3) is 0 Å². The van der Waals surface area contributed by atoms with Crippen LogP contribution >= 0.6 is 23.1 Å². The Morgan fingerprint density at radius 1 is 1.07 bits per heavy atom. The van der Waals surface area contributed by atoms with Gasteiger partial charge in [0.25, 0.3) is 0 Å². The highest BCUT2D eigenvalue weighted by Gasteiger charge is 2.19. The summed E-state index contributed by atoms with van der Waals surface area (Å²) in [4.78, 5) is 6.36. The van der Waals surface area contributed by atoms with E-state index >= 15 is 0 Å². The van der Waals surface area contributed by atoms with Gasteiger partial charge in [0, 0.05) is 61.2 Å². The van der Waals surface area contributed by atoms with Crippen LogP contribution in [-0.4, -0.2) is 65.3 Å². The summed E-state index contributed by atoms with van der Waals surface area (Å²) >= 11 is 3.87. The first-order valence-electron chi connectivity index (χ1n) is 9.74. The Kier molecular flexibility index (Phi) is 6.73. The monoisotopic (exact) mass is 404 g/mol. The van der Waals surface area contributed by atoms with Crippen LogP contribution in [0.2, 0.25) is 0 Å². The number of rotatable bonds is 7. The van der Waals surface area contributed by atoms with Gasteiger partial charge in [0.05, 0.1) is 0 Å². The number of fused-ring (bicyclic) bond motifs is 1. The van der Waals surface area contributed by atoms with Gasteiger partial charge in [0.15, 0.2) is 0 Å². The molecule has 4 nitrogen and oxygen atoms in total. The molecule has 1 aromatic heterocycles. The van der Waals surface area contributed by atoms with Gasteiger partial charge in [-0.1, -0.05) is 18.2 Å². The topological polar surface area (TPSA) is 35.9 Å². The zero-order chi connectivity index (χ0) is 18.5. The average Bonchev–Trinajstić information content (AvgIpc) is 3.16. The number of aliphatic hydroxyl groups is 1. The van der Waals surface area contributed by atoms with Crippen LogP contribution in [0.5, 0.6) is 5.75 Å². The van der Waals surface area contributed by atoms with Crippen molar-refractivity contribution >= 4 is 23.1 Å². The lowest BCUT2D eigenvalue weighted by molar-refractivity contribution is 0.0708. The second-order valence-electron chi connectivity index (χ2n) is 7.32. The molecule has 0 amide bonds. The Labute approximate surface area is 170 Å². The Morgan fingerprint density at radius 3 is 2.81 bits per heavy atom. The van der Waals surface area contributed by atoms with E-state index in [-0.39, 0.29) is 0 Å². The molecule has 0 bridgehead atoms. The predicted molar refractivity (Wildman–Crippen MR) is 114 cm³/mol. The molecule has 0 radical (unpaired) electrons. The van der Waals surface area contributed by atoms with Gasteiger partial charge in [-0.2, -0.15) is 11.8 Å². The number of para-hydroxylation sites is 1. The summed E-state index contributed by atoms with van der Waals surface area (Å²) in [6.07, 6.45) is 0.701. The summed E-state index contributed by atoms with van der Waals surface area (Å²) < 4.78 is 6.03. The van der Waals surface area contributed by atoms with Gasteiger partial charge in [-0.05, 0) is 29.5 Å². The van der Waals surface area contributed by atoms with Gasteiger partial charge in [0.2, 0.25) is 0 Å². The Hall–Kier alpha value is -1.05. The average molecular weight is 405 g/mol. The summed E-state index contributed by atoms with van der Waals surface area (Å²) in [6, 6.07) is 10.5. The summed E-state index contributed by atoms with van der Waals surface area (Å²) in [5.74, 6) is 3.23. The molecule has 6 heteroatoms. The van der Waals surface area contributed by atoms with Crippen LogP contribution in [-0.2, 0) is 19.5 Å². The lowest BCUT2D eigenvalue weighted by Crippen LogP contribution is -2.40. The van der Waals surface area contributed by atoms with Gasteiger partial charge in [-0.25, -0.2) is 0 Å². The molecular weight excluding hydrogens is 376 g/mol. The number of thiophene rings is 1. The number of hydrogen-bond acceptors (Lipinski definition) is 6. The van der Waals surface area contributed by atoms with Crippen molar-refractivity contribution in [3.63, 3.8) is 0 Å². The number of β-amino-alcohol motifs (C(OH)–C–C–N with tert-alkyl or cyclic N) is 1. The molecule has 0 aliphatic carbocycles. The molecule has 2 aromatic rings. The van der Waals surface area contributed by atoms with E-state index in [1.165, 1.54) is 16.0 Å². The number of aliphatic hydroxyl groups excluding tert-OH is 1. The third kappa shape index (κ3) is 5.27. The molecule has 146 valence electrons. The Balaban J connectivity index is 1.31. The van der Waals surface area contributed by atoms with Crippen molar-refractivity contribution in [3.8, 4) is 5.75 Å². The van der Waals surface area contributed by atoms with E-state index in [2.05, 4.69) is 33.4 Å². The van der Waals surface area contributed by atoms with Crippen LogP contribution in [0.3, 0.4) is 0 Å². The zero-order valence-corrected chi connectivity index (χ0v) is 17.3. The maximum absolute atomic E-state index is 10.4. The molecule has 1 unspecified atom stereocenters. The normalized spacial score (nSPS) is 19.6. The fraction of sp³-hybridized carbons (Fsp3) is 0.524. The largest absolute Gasteiger partial charge is 0.491 e. The molecule has 3 heterocycles. The molecule has 27 heavy (non-hydrogen) atoms. The minimum Gasteiger partial charge on any atom is -0.491 e. The molecule has 1 saturated heterocycles. The zero-order valence-electron chi connectivity index (χ0n) is 15.7. The van der Waals surface area contributed by atoms with Crippen molar-refractivity contribution in [2.45, 2.75) is 25.6 Å². The van der Waals surface area contributed by atoms with E-state index < -0.39 is 6.10 Å². The van der Waals surface area contributed by atoms with Gasteiger partial charge in [-0.15, -0.1) is 11.3 Å². The molecule has 2 aliphatic rings. The molecule has 1 fully saturated rings. The third-order valence-corrected chi connectivity index (χ3v) is 7.22. The van der Waals surface area contributed by atoms with Gasteiger partial charge in [0.1, 0.15) is 18.5 Å². The van der Waals surface area contributed by atoms with E-state index in [1.807, 2.05) is 35.2 Å². The summed E-state index contributed by atoms with van der Waals surface area (Å²) in [6.45, 7) is 6.20. The minimum absolute atomic E-state index is 0.356.